The topological polar surface area (TPSA) is 74.2 Å². The minimum Gasteiger partial charge on any atom is -0.370 e. The highest BCUT2D eigenvalue weighted by Gasteiger charge is 2.04. The normalized spacial score (nSPS) is 12.0. The molecule has 126 valence electrons. The Labute approximate surface area is 160 Å². The molecule has 0 aromatic heterocycles. The van der Waals surface area contributed by atoms with Crippen LogP contribution in [0, 0.1) is 11.3 Å². The smallest absolute Gasteiger partial charge is 0.189 e. The number of nitriles is 1. The first-order valence-corrected chi connectivity index (χ1v) is 7.79. The molecule has 0 aliphatic rings. The van der Waals surface area contributed by atoms with Crippen LogP contribution in [-0.4, -0.2) is 12.0 Å². The lowest BCUT2D eigenvalue weighted by Crippen LogP contribution is -2.38. The lowest BCUT2D eigenvalue weighted by Gasteiger charge is -2.11. The molecule has 5 heteroatoms. The highest BCUT2D eigenvalue weighted by Crippen LogP contribution is 2.23. The molecule has 0 amide bonds. The molecule has 0 saturated carbocycles. The van der Waals surface area contributed by atoms with Crippen LogP contribution >= 0.6 is 24.0 Å². The fraction of sp³-hybridized carbons (Fsp3) is 0.263. The molecule has 1 unspecified atom stereocenters. The minimum absolute atomic E-state index is 0. The Balaban J connectivity index is 0.00000288. The number of nitrogens with zero attached hydrogens (tertiary/aromatic N) is 2. The first-order chi connectivity index (χ1) is 11.1. The number of aliphatic imine (C=N–C) groups is 1. The second kappa shape index (κ2) is 9.93. The van der Waals surface area contributed by atoms with E-state index >= 15 is 0 Å². The Morgan fingerprint density at radius 2 is 1.88 bits per heavy atom. The standard InChI is InChI=1S/C19H22N4.HI/c1-3-14(2)23-19(21)22-13-15-8-10-16(11-9-15)18-7-5-4-6-17(18)12-20;/h4-11,14H,3,13H2,1-2H3,(H3,21,22,23);1H. The molecule has 0 bridgehead atoms. The van der Waals surface area contributed by atoms with Gasteiger partial charge in [0.15, 0.2) is 5.96 Å². The molecule has 0 radical (unpaired) electrons. The number of guanidine groups is 1. The van der Waals surface area contributed by atoms with Crippen molar-refractivity contribution in [2.24, 2.45) is 10.7 Å². The summed E-state index contributed by atoms with van der Waals surface area (Å²) in [6.07, 6.45) is 1.00. The van der Waals surface area contributed by atoms with E-state index in [2.05, 4.69) is 30.2 Å². The van der Waals surface area contributed by atoms with Gasteiger partial charge in [-0.05, 0) is 36.1 Å². The monoisotopic (exact) mass is 434 g/mol. The summed E-state index contributed by atoms with van der Waals surface area (Å²) in [4.78, 5) is 4.35. The van der Waals surface area contributed by atoms with Crippen molar-refractivity contribution < 1.29 is 0 Å². The van der Waals surface area contributed by atoms with E-state index in [0.29, 0.717) is 24.1 Å². The highest BCUT2D eigenvalue weighted by atomic mass is 127. The van der Waals surface area contributed by atoms with Crippen LogP contribution in [0.5, 0.6) is 0 Å². The molecule has 0 saturated heterocycles. The summed E-state index contributed by atoms with van der Waals surface area (Å²) in [5, 5.41) is 12.3. The Morgan fingerprint density at radius 3 is 2.50 bits per heavy atom. The Hall–Kier alpha value is -2.07. The number of halogens is 1. The van der Waals surface area contributed by atoms with Crippen molar-refractivity contribution in [2.75, 3.05) is 0 Å². The molecule has 0 heterocycles. The van der Waals surface area contributed by atoms with Crippen LogP contribution < -0.4 is 11.1 Å². The van der Waals surface area contributed by atoms with Crippen LogP contribution in [0.4, 0.5) is 0 Å². The Bertz CT molecular complexity index is 717. The zero-order chi connectivity index (χ0) is 16.7. The van der Waals surface area contributed by atoms with Crippen molar-refractivity contribution >= 4 is 29.9 Å². The number of rotatable bonds is 5. The van der Waals surface area contributed by atoms with E-state index in [0.717, 1.165) is 23.1 Å². The second-order valence-corrected chi connectivity index (χ2v) is 5.51. The van der Waals surface area contributed by atoms with E-state index < -0.39 is 0 Å². The van der Waals surface area contributed by atoms with Crippen LogP contribution in [-0.2, 0) is 6.54 Å². The lowest BCUT2D eigenvalue weighted by atomic mass is 9.99. The predicted octanol–water partition coefficient (Wildman–Crippen LogP) is 4.05. The summed E-state index contributed by atoms with van der Waals surface area (Å²) in [7, 11) is 0. The highest BCUT2D eigenvalue weighted by molar-refractivity contribution is 14.0. The zero-order valence-electron chi connectivity index (χ0n) is 14.0. The van der Waals surface area contributed by atoms with E-state index in [1.54, 1.807) is 0 Å². The van der Waals surface area contributed by atoms with E-state index in [1.807, 2.05) is 48.5 Å². The van der Waals surface area contributed by atoms with Crippen molar-refractivity contribution in [3.05, 3.63) is 59.7 Å². The Kier molecular flexibility index (Phi) is 8.27. The molecule has 4 nitrogen and oxygen atoms in total. The zero-order valence-corrected chi connectivity index (χ0v) is 16.3. The van der Waals surface area contributed by atoms with E-state index in [9.17, 15) is 5.26 Å². The summed E-state index contributed by atoms with van der Waals surface area (Å²) in [5.41, 5.74) is 9.60. The van der Waals surface area contributed by atoms with Crippen molar-refractivity contribution in [1.29, 1.82) is 5.26 Å². The molecule has 3 N–H and O–H groups in total. The van der Waals surface area contributed by atoms with Gasteiger partial charge >= 0.3 is 0 Å². The van der Waals surface area contributed by atoms with Gasteiger partial charge < -0.3 is 11.1 Å². The van der Waals surface area contributed by atoms with Gasteiger partial charge in [-0.1, -0.05) is 49.4 Å². The van der Waals surface area contributed by atoms with E-state index in [1.165, 1.54) is 0 Å². The third kappa shape index (κ3) is 5.53. The summed E-state index contributed by atoms with van der Waals surface area (Å²) in [6, 6.07) is 18.2. The van der Waals surface area contributed by atoms with Gasteiger partial charge in [0.25, 0.3) is 0 Å². The first-order valence-electron chi connectivity index (χ1n) is 7.79. The van der Waals surface area contributed by atoms with Gasteiger partial charge in [-0.3, -0.25) is 0 Å². The summed E-state index contributed by atoms with van der Waals surface area (Å²) < 4.78 is 0. The van der Waals surface area contributed by atoms with Crippen LogP contribution in [0.1, 0.15) is 31.4 Å². The molecule has 0 aliphatic carbocycles. The van der Waals surface area contributed by atoms with Crippen molar-refractivity contribution in [2.45, 2.75) is 32.9 Å². The SMILES string of the molecule is CCC(C)NC(N)=NCc1ccc(-c2ccccc2C#N)cc1.I. The summed E-state index contributed by atoms with van der Waals surface area (Å²) in [5.74, 6) is 0.471. The van der Waals surface area contributed by atoms with Crippen molar-refractivity contribution in [3.63, 3.8) is 0 Å². The molecule has 2 aromatic carbocycles. The third-order valence-corrected chi connectivity index (χ3v) is 3.75. The van der Waals surface area contributed by atoms with Gasteiger partial charge in [0.05, 0.1) is 18.2 Å². The quantitative estimate of drug-likeness (QED) is 0.424. The molecule has 2 rings (SSSR count). The maximum Gasteiger partial charge on any atom is 0.189 e. The van der Waals surface area contributed by atoms with E-state index in [-0.39, 0.29) is 24.0 Å². The van der Waals surface area contributed by atoms with Crippen LogP contribution in [0.2, 0.25) is 0 Å². The number of hydrogen-bond acceptors (Lipinski definition) is 2. The Morgan fingerprint density at radius 1 is 1.21 bits per heavy atom. The average molecular weight is 434 g/mol. The molecular formula is C19H23IN4. The van der Waals surface area contributed by atoms with Gasteiger partial charge in [0.1, 0.15) is 0 Å². The molecule has 1 atom stereocenters. The van der Waals surface area contributed by atoms with Gasteiger partial charge in [-0.15, -0.1) is 24.0 Å². The van der Waals surface area contributed by atoms with Crippen LogP contribution in [0.25, 0.3) is 11.1 Å². The molecule has 24 heavy (non-hydrogen) atoms. The fourth-order valence-electron chi connectivity index (χ4n) is 2.20. The minimum atomic E-state index is 0. The number of benzene rings is 2. The van der Waals surface area contributed by atoms with Crippen molar-refractivity contribution in [3.8, 4) is 17.2 Å². The summed E-state index contributed by atoms with van der Waals surface area (Å²) in [6.45, 7) is 4.71. The maximum absolute atomic E-state index is 9.18. The summed E-state index contributed by atoms with van der Waals surface area (Å²) >= 11 is 0. The number of nitrogens with one attached hydrogen (secondary N) is 1. The average Bonchev–Trinajstić information content (AvgIpc) is 2.60. The maximum atomic E-state index is 9.18. The molecule has 2 aromatic rings. The fourth-order valence-corrected chi connectivity index (χ4v) is 2.20. The third-order valence-electron chi connectivity index (χ3n) is 3.75. The molecular weight excluding hydrogens is 411 g/mol. The van der Waals surface area contributed by atoms with Gasteiger partial charge in [0, 0.05) is 6.04 Å². The number of nitrogens with two attached hydrogens (primary N) is 1. The van der Waals surface area contributed by atoms with Crippen molar-refractivity contribution in [1.82, 2.24) is 5.32 Å². The van der Waals surface area contributed by atoms with Gasteiger partial charge in [-0.2, -0.15) is 5.26 Å². The molecule has 0 spiro atoms. The first kappa shape index (κ1) is 20.0. The van der Waals surface area contributed by atoms with Crippen LogP contribution in [0.3, 0.4) is 0 Å². The predicted molar refractivity (Wildman–Crippen MR) is 110 cm³/mol. The van der Waals surface area contributed by atoms with Gasteiger partial charge in [0.2, 0.25) is 0 Å². The van der Waals surface area contributed by atoms with Gasteiger partial charge in [-0.25, -0.2) is 4.99 Å². The molecule has 0 aliphatic heterocycles. The lowest BCUT2D eigenvalue weighted by molar-refractivity contribution is 0.636. The van der Waals surface area contributed by atoms with E-state index in [4.69, 9.17) is 5.73 Å². The number of hydrogen-bond donors (Lipinski definition) is 2. The largest absolute Gasteiger partial charge is 0.370 e. The second-order valence-electron chi connectivity index (χ2n) is 5.51. The van der Waals surface area contributed by atoms with Crippen LogP contribution in [0.15, 0.2) is 53.5 Å². The molecule has 0 fully saturated rings.